The van der Waals surface area contributed by atoms with Crippen molar-refractivity contribution in [2.45, 2.75) is 46.1 Å². The summed E-state index contributed by atoms with van der Waals surface area (Å²) in [6, 6.07) is 0. The Morgan fingerprint density at radius 2 is 1.94 bits per heavy atom. The maximum Gasteiger partial charge on any atom is 0.408 e. The molecule has 1 N–H and O–H groups in total. The second-order valence-electron chi connectivity index (χ2n) is 4.51. The minimum Gasteiger partial charge on any atom is -0.444 e. The number of allylic oxidation sites excluding steroid dienone is 1. The van der Waals surface area contributed by atoms with Gasteiger partial charge in [-0.1, -0.05) is 19.4 Å². The van der Waals surface area contributed by atoms with Crippen LogP contribution in [0.3, 0.4) is 0 Å². The van der Waals surface area contributed by atoms with Crippen molar-refractivity contribution in [3.63, 3.8) is 0 Å². The summed E-state index contributed by atoms with van der Waals surface area (Å²) in [5.74, 6) is -0.126. The van der Waals surface area contributed by atoms with Crippen molar-refractivity contribution in [1.82, 2.24) is 5.32 Å². The number of hydrogen-bond donors (Lipinski definition) is 1. The summed E-state index contributed by atoms with van der Waals surface area (Å²) in [6.07, 6.45) is 4.60. The van der Waals surface area contributed by atoms with Crippen molar-refractivity contribution in [1.29, 1.82) is 0 Å². The third-order valence-electron chi connectivity index (χ3n) is 1.56. The number of ether oxygens (including phenoxy) is 1. The van der Waals surface area contributed by atoms with Gasteiger partial charge in [0.1, 0.15) is 5.60 Å². The first-order valence-corrected chi connectivity index (χ1v) is 5.51. The van der Waals surface area contributed by atoms with Gasteiger partial charge >= 0.3 is 6.09 Å². The van der Waals surface area contributed by atoms with Gasteiger partial charge in [-0.3, -0.25) is 4.79 Å². The number of carbonyl (C=O) groups excluding carboxylic acids is 2. The van der Waals surface area contributed by atoms with Gasteiger partial charge in [0.15, 0.2) is 5.78 Å². The van der Waals surface area contributed by atoms with Gasteiger partial charge in [0.25, 0.3) is 0 Å². The Hall–Kier alpha value is -1.32. The molecule has 92 valence electrons. The summed E-state index contributed by atoms with van der Waals surface area (Å²) in [4.78, 5) is 22.4. The van der Waals surface area contributed by atoms with Crippen LogP contribution < -0.4 is 5.32 Å². The summed E-state index contributed by atoms with van der Waals surface area (Å²) in [6.45, 7) is 7.34. The molecule has 0 saturated heterocycles. The fraction of sp³-hybridized carbons (Fsp3) is 0.667. The van der Waals surface area contributed by atoms with Crippen LogP contribution in [0.2, 0.25) is 0 Å². The Kier molecular flexibility index (Phi) is 6.46. The third-order valence-corrected chi connectivity index (χ3v) is 1.56. The van der Waals surface area contributed by atoms with E-state index in [2.05, 4.69) is 5.32 Å². The molecule has 0 saturated carbocycles. The van der Waals surface area contributed by atoms with Gasteiger partial charge in [-0.05, 0) is 33.3 Å². The van der Waals surface area contributed by atoms with Crippen molar-refractivity contribution < 1.29 is 14.3 Å². The quantitative estimate of drug-likeness (QED) is 0.734. The monoisotopic (exact) mass is 227 g/mol. The molecule has 0 heterocycles. The normalized spacial score (nSPS) is 11.5. The van der Waals surface area contributed by atoms with Crippen LogP contribution in [0.4, 0.5) is 4.79 Å². The Labute approximate surface area is 97.1 Å². The number of hydrogen-bond acceptors (Lipinski definition) is 3. The Bertz CT molecular complexity index is 264. The zero-order valence-corrected chi connectivity index (χ0v) is 10.5. The first-order chi connectivity index (χ1) is 7.35. The van der Waals surface area contributed by atoms with Gasteiger partial charge in [-0.15, -0.1) is 0 Å². The lowest BCUT2D eigenvalue weighted by Gasteiger charge is -2.19. The molecule has 0 radical (unpaired) electrons. The van der Waals surface area contributed by atoms with Gasteiger partial charge in [0, 0.05) is 0 Å². The number of alkyl carbamates (subject to hydrolysis) is 1. The molecular weight excluding hydrogens is 206 g/mol. The van der Waals surface area contributed by atoms with Crippen molar-refractivity contribution in [2.75, 3.05) is 6.54 Å². The van der Waals surface area contributed by atoms with Gasteiger partial charge in [-0.25, -0.2) is 4.79 Å². The van der Waals surface area contributed by atoms with E-state index in [-0.39, 0.29) is 12.3 Å². The molecule has 0 aliphatic rings. The predicted molar refractivity (Wildman–Crippen MR) is 63.3 cm³/mol. The molecule has 1 amide bonds. The molecule has 0 rings (SSSR count). The van der Waals surface area contributed by atoms with Gasteiger partial charge in [-0.2, -0.15) is 0 Å². The smallest absolute Gasteiger partial charge is 0.408 e. The standard InChI is InChI=1S/C12H21NO3/c1-5-6-7-8-10(14)9-13-11(15)16-12(2,3)4/h7-8H,5-6,9H2,1-4H3,(H,13,15)/b8-7+. The van der Waals surface area contributed by atoms with Crippen LogP contribution in [0.5, 0.6) is 0 Å². The SMILES string of the molecule is CCC/C=C/C(=O)CNC(=O)OC(C)(C)C. The maximum absolute atomic E-state index is 11.2. The molecule has 0 aliphatic carbocycles. The van der Waals surface area contributed by atoms with E-state index in [9.17, 15) is 9.59 Å². The van der Waals surface area contributed by atoms with Crippen LogP contribution >= 0.6 is 0 Å². The van der Waals surface area contributed by atoms with Crippen LogP contribution in [0, 0.1) is 0 Å². The number of carbonyl (C=O) groups is 2. The van der Waals surface area contributed by atoms with Gasteiger partial charge in [0.2, 0.25) is 0 Å². The number of rotatable bonds is 5. The Morgan fingerprint density at radius 3 is 2.44 bits per heavy atom. The molecule has 0 aromatic rings. The average molecular weight is 227 g/mol. The molecule has 0 aromatic carbocycles. The molecule has 0 fully saturated rings. The molecule has 16 heavy (non-hydrogen) atoms. The maximum atomic E-state index is 11.2. The molecule has 0 bridgehead atoms. The van der Waals surface area contributed by atoms with Crippen LogP contribution in [-0.2, 0) is 9.53 Å². The number of unbranched alkanes of at least 4 members (excludes halogenated alkanes) is 1. The minimum atomic E-state index is -0.565. The lowest BCUT2D eigenvalue weighted by atomic mass is 10.2. The van der Waals surface area contributed by atoms with E-state index in [1.165, 1.54) is 6.08 Å². The second-order valence-corrected chi connectivity index (χ2v) is 4.51. The van der Waals surface area contributed by atoms with Crippen LogP contribution in [-0.4, -0.2) is 24.0 Å². The molecule has 4 nitrogen and oxygen atoms in total. The zero-order valence-electron chi connectivity index (χ0n) is 10.5. The first kappa shape index (κ1) is 14.7. The van der Waals surface area contributed by atoms with Crippen LogP contribution in [0.1, 0.15) is 40.5 Å². The number of ketones is 1. The first-order valence-electron chi connectivity index (χ1n) is 5.51. The summed E-state index contributed by atoms with van der Waals surface area (Å²) in [5, 5.41) is 2.40. The fourth-order valence-corrected chi connectivity index (χ4v) is 0.914. The Morgan fingerprint density at radius 1 is 1.31 bits per heavy atom. The number of amides is 1. The van der Waals surface area contributed by atoms with Crippen molar-refractivity contribution >= 4 is 11.9 Å². The Balaban J connectivity index is 3.80. The van der Waals surface area contributed by atoms with E-state index in [1.54, 1.807) is 26.8 Å². The minimum absolute atomic E-state index is 0.0187. The topological polar surface area (TPSA) is 55.4 Å². The average Bonchev–Trinajstić information content (AvgIpc) is 2.12. The summed E-state index contributed by atoms with van der Waals surface area (Å²) in [7, 11) is 0. The largest absolute Gasteiger partial charge is 0.444 e. The molecule has 0 aromatic heterocycles. The molecule has 0 spiro atoms. The predicted octanol–water partition coefficient (Wildman–Crippen LogP) is 2.44. The highest BCUT2D eigenvalue weighted by Crippen LogP contribution is 2.06. The van der Waals surface area contributed by atoms with Crippen molar-refractivity contribution in [3.8, 4) is 0 Å². The molecule has 0 atom stereocenters. The number of nitrogens with one attached hydrogen (secondary N) is 1. The highest BCUT2D eigenvalue weighted by Gasteiger charge is 2.15. The fourth-order valence-electron chi connectivity index (χ4n) is 0.914. The lowest BCUT2D eigenvalue weighted by molar-refractivity contribution is -0.113. The highest BCUT2D eigenvalue weighted by molar-refractivity contribution is 5.93. The van der Waals surface area contributed by atoms with Gasteiger partial charge < -0.3 is 10.1 Å². The van der Waals surface area contributed by atoms with Crippen molar-refractivity contribution in [2.24, 2.45) is 0 Å². The van der Waals surface area contributed by atoms with Crippen LogP contribution in [0.25, 0.3) is 0 Å². The van der Waals surface area contributed by atoms with E-state index in [1.807, 2.05) is 6.92 Å². The molecule has 0 aliphatic heterocycles. The summed E-state index contributed by atoms with van der Waals surface area (Å²) in [5.41, 5.74) is -0.537. The van der Waals surface area contributed by atoms with E-state index in [0.717, 1.165) is 12.8 Å². The van der Waals surface area contributed by atoms with E-state index in [4.69, 9.17) is 4.74 Å². The van der Waals surface area contributed by atoms with E-state index >= 15 is 0 Å². The van der Waals surface area contributed by atoms with Crippen molar-refractivity contribution in [3.05, 3.63) is 12.2 Å². The highest BCUT2D eigenvalue weighted by atomic mass is 16.6. The van der Waals surface area contributed by atoms with E-state index < -0.39 is 11.7 Å². The van der Waals surface area contributed by atoms with E-state index in [0.29, 0.717) is 0 Å². The molecule has 4 heteroatoms. The zero-order chi connectivity index (χ0) is 12.6. The lowest BCUT2D eigenvalue weighted by Crippen LogP contribution is -2.35. The third kappa shape index (κ3) is 9.24. The molecule has 0 unspecified atom stereocenters. The summed E-state index contributed by atoms with van der Waals surface area (Å²) < 4.78 is 4.99. The summed E-state index contributed by atoms with van der Waals surface area (Å²) >= 11 is 0. The van der Waals surface area contributed by atoms with Crippen LogP contribution in [0.15, 0.2) is 12.2 Å². The molecular formula is C12H21NO3. The second kappa shape index (κ2) is 7.04. The van der Waals surface area contributed by atoms with Gasteiger partial charge in [0.05, 0.1) is 6.54 Å².